The van der Waals surface area contributed by atoms with Crippen LogP contribution in [0.5, 0.6) is 0 Å². The van der Waals surface area contributed by atoms with Crippen molar-refractivity contribution in [2.75, 3.05) is 99.9 Å². The third-order valence-corrected chi connectivity index (χ3v) is 6.96. The molecule has 3 aliphatic rings. The molecule has 0 radical (unpaired) electrons. The molecule has 3 heterocycles. The van der Waals surface area contributed by atoms with E-state index in [1.54, 1.807) is 14.2 Å². The molecule has 3 fully saturated rings. The van der Waals surface area contributed by atoms with E-state index in [9.17, 15) is 0 Å². The van der Waals surface area contributed by atoms with Gasteiger partial charge in [0.05, 0.1) is 59.5 Å². The lowest BCUT2D eigenvalue weighted by Crippen LogP contribution is -2.63. The summed E-state index contributed by atoms with van der Waals surface area (Å²) in [7, 11) is 3.28. The van der Waals surface area contributed by atoms with E-state index in [2.05, 4.69) is 4.90 Å². The van der Waals surface area contributed by atoms with Crippen LogP contribution in [0, 0.1) is 0 Å². The Balaban J connectivity index is 1.33. The minimum absolute atomic E-state index is 0.342. The zero-order chi connectivity index (χ0) is 27.1. The summed E-state index contributed by atoms with van der Waals surface area (Å²) in [5.74, 6) is 0. The second-order valence-corrected chi connectivity index (χ2v) is 9.65. The molecule has 222 valence electrons. The molecule has 3 saturated heterocycles. The van der Waals surface area contributed by atoms with Crippen molar-refractivity contribution in [3.8, 4) is 0 Å². The molecule has 3 aliphatic heterocycles. The average Bonchev–Trinajstić information content (AvgIpc) is 2.98. The van der Waals surface area contributed by atoms with Gasteiger partial charge in [-0.05, 0) is 6.42 Å². The number of hydrogen-bond acceptors (Lipinski definition) is 11. The lowest BCUT2D eigenvalue weighted by atomic mass is 9.97. The van der Waals surface area contributed by atoms with Gasteiger partial charge in [-0.2, -0.15) is 0 Å². The monoisotopic (exact) mass is 555 g/mol. The number of fused-ring (bicyclic) bond motifs is 3. The van der Waals surface area contributed by atoms with Gasteiger partial charge in [-0.1, -0.05) is 30.3 Å². The number of hydrogen-bond donors (Lipinski definition) is 0. The highest BCUT2D eigenvalue weighted by molar-refractivity contribution is 5.16. The fraction of sp³-hybridized carbons (Fsp3) is 0.786. The van der Waals surface area contributed by atoms with Gasteiger partial charge in [0, 0.05) is 46.0 Å². The SMILES string of the molecule is COCCOCCCN1CCOCCO[C@@H]2[C@@H](OCCOCC1)[C@@H](OC)O[C@@H]1CO[C@@H](c3ccccc3)O[C@@H]21. The van der Waals surface area contributed by atoms with Crippen LogP contribution in [-0.2, 0) is 47.4 Å². The zero-order valence-electron chi connectivity index (χ0n) is 23.3. The molecular formula is C28H45NO10. The predicted molar refractivity (Wildman–Crippen MR) is 141 cm³/mol. The van der Waals surface area contributed by atoms with Crippen molar-refractivity contribution in [3.05, 3.63) is 35.9 Å². The van der Waals surface area contributed by atoms with Crippen LogP contribution in [0.25, 0.3) is 0 Å². The molecule has 39 heavy (non-hydrogen) atoms. The Labute approximate surface area is 231 Å². The normalized spacial score (nSPS) is 31.9. The molecule has 11 heteroatoms. The fourth-order valence-corrected chi connectivity index (χ4v) is 4.93. The molecule has 0 amide bonds. The van der Waals surface area contributed by atoms with Gasteiger partial charge < -0.3 is 47.4 Å². The van der Waals surface area contributed by atoms with Gasteiger partial charge >= 0.3 is 0 Å². The minimum Gasteiger partial charge on any atom is -0.382 e. The van der Waals surface area contributed by atoms with Crippen LogP contribution in [0.1, 0.15) is 18.3 Å². The largest absolute Gasteiger partial charge is 0.382 e. The number of ether oxygens (including phenoxy) is 10. The third kappa shape index (κ3) is 9.68. The standard InChI is InChI=1S/C28H45NO10/c1-30-15-16-32-12-6-9-29-10-13-33-17-19-35-25-24-23(21-37-27(39-24)22-7-4-3-5-8-22)38-28(31-2)26(25)36-20-18-34-14-11-29/h3-5,7-8,23-28H,6,9-21H2,1-2H3/t23-,24-,25+,26-,27-,28+/m1/s1. The molecule has 4 rings (SSSR count). The van der Waals surface area contributed by atoms with E-state index in [1.165, 1.54) is 0 Å². The second-order valence-electron chi connectivity index (χ2n) is 9.65. The molecule has 0 spiro atoms. The average molecular weight is 556 g/mol. The van der Waals surface area contributed by atoms with Gasteiger partial charge in [-0.25, -0.2) is 0 Å². The van der Waals surface area contributed by atoms with Crippen molar-refractivity contribution in [2.45, 2.75) is 43.4 Å². The summed E-state index contributed by atoms with van der Waals surface area (Å²) >= 11 is 0. The topological polar surface area (TPSA) is 95.5 Å². The lowest BCUT2D eigenvalue weighted by molar-refractivity contribution is -0.368. The van der Waals surface area contributed by atoms with Crippen LogP contribution in [-0.4, -0.2) is 136 Å². The quantitative estimate of drug-likeness (QED) is 0.416. The highest BCUT2D eigenvalue weighted by Crippen LogP contribution is 2.36. The number of nitrogens with zero attached hydrogens (tertiary/aromatic N) is 1. The van der Waals surface area contributed by atoms with Gasteiger partial charge in [-0.3, -0.25) is 4.90 Å². The van der Waals surface area contributed by atoms with Crippen molar-refractivity contribution in [3.63, 3.8) is 0 Å². The second kappa shape index (κ2) is 17.6. The molecule has 6 atom stereocenters. The highest BCUT2D eigenvalue weighted by Gasteiger charge is 2.51. The maximum absolute atomic E-state index is 6.41. The minimum atomic E-state index is -0.616. The Morgan fingerprint density at radius 1 is 0.769 bits per heavy atom. The summed E-state index contributed by atoms with van der Waals surface area (Å²) in [6, 6.07) is 9.87. The van der Waals surface area contributed by atoms with E-state index in [1.807, 2.05) is 30.3 Å². The van der Waals surface area contributed by atoms with Gasteiger partial charge in [0.25, 0.3) is 0 Å². The van der Waals surface area contributed by atoms with Gasteiger partial charge in [0.1, 0.15) is 24.4 Å². The lowest BCUT2D eigenvalue weighted by Gasteiger charge is -2.48. The van der Waals surface area contributed by atoms with Gasteiger partial charge in [0.15, 0.2) is 12.6 Å². The van der Waals surface area contributed by atoms with E-state index < -0.39 is 30.9 Å². The van der Waals surface area contributed by atoms with E-state index in [-0.39, 0.29) is 6.10 Å². The number of methoxy groups -OCH3 is 2. The smallest absolute Gasteiger partial charge is 0.186 e. The van der Waals surface area contributed by atoms with Crippen molar-refractivity contribution < 1.29 is 47.4 Å². The van der Waals surface area contributed by atoms with Crippen molar-refractivity contribution in [1.82, 2.24) is 4.90 Å². The summed E-state index contributed by atoms with van der Waals surface area (Å²) in [6.45, 7) is 7.74. The van der Waals surface area contributed by atoms with Crippen LogP contribution < -0.4 is 0 Å². The van der Waals surface area contributed by atoms with Crippen LogP contribution in [0.3, 0.4) is 0 Å². The molecule has 0 saturated carbocycles. The Morgan fingerprint density at radius 2 is 1.51 bits per heavy atom. The molecule has 11 nitrogen and oxygen atoms in total. The van der Waals surface area contributed by atoms with Crippen LogP contribution >= 0.6 is 0 Å². The van der Waals surface area contributed by atoms with Gasteiger partial charge in [0.2, 0.25) is 0 Å². The maximum atomic E-state index is 6.41. The third-order valence-electron chi connectivity index (χ3n) is 6.96. The molecule has 0 N–H and O–H groups in total. The Kier molecular flexibility index (Phi) is 13.8. The summed E-state index contributed by atoms with van der Waals surface area (Å²) < 4.78 is 59.3. The molecular weight excluding hydrogens is 510 g/mol. The van der Waals surface area contributed by atoms with Crippen LogP contribution in [0.15, 0.2) is 30.3 Å². The Hall–Kier alpha value is -1.22. The van der Waals surface area contributed by atoms with Crippen molar-refractivity contribution in [2.24, 2.45) is 0 Å². The number of rotatable bonds is 9. The molecule has 0 aromatic heterocycles. The molecule has 1 aromatic rings. The predicted octanol–water partition coefficient (Wildman–Crippen LogP) is 1.64. The van der Waals surface area contributed by atoms with Crippen LogP contribution in [0.4, 0.5) is 0 Å². The summed E-state index contributed by atoms with van der Waals surface area (Å²) in [4.78, 5) is 2.33. The van der Waals surface area contributed by atoms with E-state index in [4.69, 9.17) is 47.4 Å². The van der Waals surface area contributed by atoms with Gasteiger partial charge in [-0.15, -0.1) is 0 Å². The maximum Gasteiger partial charge on any atom is 0.186 e. The fourth-order valence-electron chi connectivity index (χ4n) is 4.93. The van der Waals surface area contributed by atoms with Crippen molar-refractivity contribution >= 4 is 0 Å². The highest BCUT2D eigenvalue weighted by atomic mass is 16.8. The number of benzene rings is 1. The zero-order valence-corrected chi connectivity index (χ0v) is 23.3. The molecule has 0 bridgehead atoms. The summed E-state index contributed by atoms with van der Waals surface area (Å²) in [5, 5.41) is 0. The Morgan fingerprint density at radius 3 is 2.23 bits per heavy atom. The van der Waals surface area contributed by atoms with E-state index in [0.29, 0.717) is 66.1 Å². The molecule has 0 unspecified atom stereocenters. The summed E-state index contributed by atoms with van der Waals surface area (Å²) in [6.07, 6.45) is -1.83. The first-order chi connectivity index (χ1) is 19.3. The van der Waals surface area contributed by atoms with Crippen LogP contribution in [0.2, 0.25) is 0 Å². The summed E-state index contributed by atoms with van der Waals surface area (Å²) in [5.41, 5.74) is 0.947. The first kappa shape index (κ1) is 30.7. The molecule has 1 aromatic carbocycles. The Bertz CT molecular complexity index is 774. The van der Waals surface area contributed by atoms with E-state index in [0.717, 1.165) is 31.6 Å². The molecule has 0 aliphatic carbocycles. The van der Waals surface area contributed by atoms with Crippen molar-refractivity contribution in [1.29, 1.82) is 0 Å². The first-order valence-corrected chi connectivity index (χ1v) is 14.0. The first-order valence-electron chi connectivity index (χ1n) is 14.0. The van der Waals surface area contributed by atoms with E-state index >= 15 is 0 Å².